The highest BCUT2D eigenvalue weighted by molar-refractivity contribution is 6.03. The second-order valence-corrected chi connectivity index (χ2v) is 9.10. The molecule has 0 aliphatic carbocycles. The van der Waals surface area contributed by atoms with Gasteiger partial charge in [-0.15, -0.1) is 0 Å². The van der Waals surface area contributed by atoms with E-state index in [0.717, 1.165) is 27.8 Å². The van der Waals surface area contributed by atoms with Gasteiger partial charge in [0.25, 0.3) is 0 Å². The molecule has 4 rings (SSSR count). The van der Waals surface area contributed by atoms with Gasteiger partial charge in [0.1, 0.15) is 29.4 Å². The molecule has 0 saturated heterocycles. The molecule has 180 valence electrons. The number of ether oxygens (including phenoxy) is 1. The SMILES string of the molecule is CN(CC(=O)Nc1ccc2c(-c3ccncc3)c(-c3ccc(F)cc3)[nH]c2n1)C(=O)OC(C)(C)C. The Hall–Kier alpha value is -4.27. The number of aromatic amines is 1. The van der Waals surface area contributed by atoms with E-state index in [0.29, 0.717) is 11.5 Å². The Kier molecular flexibility index (Phi) is 6.50. The van der Waals surface area contributed by atoms with Crippen molar-refractivity contribution in [2.45, 2.75) is 26.4 Å². The van der Waals surface area contributed by atoms with Crippen LogP contribution in [0.5, 0.6) is 0 Å². The van der Waals surface area contributed by atoms with Gasteiger partial charge in [-0.05, 0) is 80.4 Å². The van der Waals surface area contributed by atoms with Crippen LogP contribution in [0.15, 0.2) is 60.9 Å². The van der Waals surface area contributed by atoms with Crippen molar-refractivity contribution >= 4 is 28.9 Å². The first-order valence-electron chi connectivity index (χ1n) is 11.0. The zero-order chi connectivity index (χ0) is 25.2. The topological polar surface area (TPSA) is 100 Å². The summed E-state index contributed by atoms with van der Waals surface area (Å²) < 4.78 is 18.8. The van der Waals surface area contributed by atoms with Crippen molar-refractivity contribution in [3.05, 3.63) is 66.7 Å². The van der Waals surface area contributed by atoms with Gasteiger partial charge in [-0.2, -0.15) is 0 Å². The molecular formula is C26H26FN5O3. The number of carbonyl (C=O) groups excluding carboxylic acids is 2. The predicted octanol–water partition coefficient (Wildman–Crippen LogP) is 5.24. The van der Waals surface area contributed by atoms with Gasteiger partial charge in [0, 0.05) is 30.4 Å². The molecule has 0 aliphatic rings. The largest absolute Gasteiger partial charge is 0.444 e. The number of hydrogen-bond acceptors (Lipinski definition) is 5. The molecule has 0 radical (unpaired) electrons. The van der Waals surface area contributed by atoms with Crippen LogP contribution in [0, 0.1) is 5.82 Å². The van der Waals surface area contributed by atoms with Gasteiger partial charge in [-0.1, -0.05) is 0 Å². The number of nitrogens with one attached hydrogen (secondary N) is 2. The van der Waals surface area contributed by atoms with Crippen LogP contribution in [0.4, 0.5) is 15.0 Å². The minimum Gasteiger partial charge on any atom is -0.444 e. The molecular weight excluding hydrogens is 449 g/mol. The third-order valence-corrected chi connectivity index (χ3v) is 5.11. The van der Waals surface area contributed by atoms with E-state index in [2.05, 4.69) is 20.3 Å². The number of hydrogen-bond donors (Lipinski definition) is 2. The zero-order valence-electron chi connectivity index (χ0n) is 19.9. The number of carbonyl (C=O) groups is 2. The molecule has 0 saturated carbocycles. The molecule has 9 heteroatoms. The minimum atomic E-state index is -0.656. The monoisotopic (exact) mass is 475 g/mol. The number of halogens is 1. The summed E-state index contributed by atoms with van der Waals surface area (Å²) in [5.41, 5.74) is 3.27. The quantitative estimate of drug-likeness (QED) is 0.411. The van der Waals surface area contributed by atoms with Gasteiger partial charge in [0.15, 0.2) is 0 Å². The third kappa shape index (κ3) is 5.63. The lowest BCUT2D eigenvalue weighted by atomic mass is 10.00. The Labute approximate surface area is 202 Å². The second-order valence-electron chi connectivity index (χ2n) is 9.10. The van der Waals surface area contributed by atoms with Crippen molar-refractivity contribution in [1.82, 2.24) is 19.9 Å². The highest BCUT2D eigenvalue weighted by Gasteiger charge is 2.22. The fraction of sp³-hybridized carbons (Fsp3) is 0.231. The maximum Gasteiger partial charge on any atom is 0.410 e. The van der Waals surface area contributed by atoms with Crippen LogP contribution in [0.3, 0.4) is 0 Å². The predicted molar refractivity (Wildman–Crippen MR) is 132 cm³/mol. The van der Waals surface area contributed by atoms with Crippen LogP contribution in [-0.4, -0.2) is 51.0 Å². The highest BCUT2D eigenvalue weighted by atomic mass is 19.1. The Balaban J connectivity index is 1.62. The number of likely N-dealkylation sites (N-methyl/N-ethyl adjacent to an activating group) is 1. The highest BCUT2D eigenvalue weighted by Crippen LogP contribution is 2.38. The van der Waals surface area contributed by atoms with Crippen molar-refractivity contribution in [2.24, 2.45) is 0 Å². The summed E-state index contributed by atoms with van der Waals surface area (Å²) in [6, 6.07) is 13.5. The van der Waals surface area contributed by atoms with E-state index in [9.17, 15) is 14.0 Å². The maximum absolute atomic E-state index is 13.5. The second kappa shape index (κ2) is 9.54. The number of amides is 2. The summed E-state index contributed by atoms with van der Waals surface area (Å²) in [6.07, 6.45) is 2.81. The first kappa shape index (κ1) is 23.9. The summed E-state index contributed by atoms with van der Waals surface area (Å²) in [7, 11) is 1.49. The fourth-order valence-corrected chi connectivity index (χ4v) is 3.60. The van der Waals surface area contributed by atoms with E-state index < -0.39 is 17.6 Å². The molecule has 35 heavy (non-hydrogen) atoms. The third-order valence-electron chi connectivity index (χ3n) is 5.11. The summed E-state index contributed by atoms with van der Waals surface area (Å²) in [6.45, 7) is 5.08. The van der Waals surface area contributed by atoms with Crippen molar-refractivity contribution < 1.29 is 18.7 Å². The molecule has 0 unspecified atom stereocenters. The Bertz CT molecular complexity index is 1360. The number of pyridine rings is 2. The van der Waals surface area contributed by atoms with Gasteiger partial charge in [-0.25, -0.2) is 14.2 Å². The summed E-state index contributed by atoms with van der Waals surface area (Å²) >= 11 is 0. The number of nitrogens with zero attached hydrogens (tertiary/aromatic N) is 3. The standard InChI is InChI=1S/C26H26FN5O3/c1-26(2,3)35-25(34)32(4)15-21(33)29-20-10-9-19-22(16-11-13-28-14-12-16)23(31-24(19)30-20)17-5-7-18(27)8-6-17/h5-14H,15H2,1-4H3,(H2,29,30,31,33). The van der Waals surface area contributed by atoms with Crippen LogP contribution in [-0.2, 0) is 9.53 Å². The first-order chi connectivity index (χ1) is 16.6. The van der Waals surface area contributed by atoms with Crippen LogP contribution in [0.2, 0.25) is 0 Å². The lowest BCUT2D eigenvalue weighted by Gasteiger charge is -2.24. The Morgan fingerprint density at radius 1 is 1.03 bits per heavy atom. The van der Waals surface area contributed by atoms with Crippen LogP contribution >= 0.6 is 0 Å². The van der Waals surface area contributed by atoms with Gasteiger partial charge < -0.3 is 19.9 Å². The molecule has 0 aliphatic heterocycles. The number of H-pyrrole nitrogens is 1. The fourth-order valence-electron chi connectivity index (χ4n) is 3.60. The average Bonchev–Trinajstić information content (AvgIpc) is 3.17. The van der Waals surface area contributed by atoms with Crippen molar-refractivity contribution in [2.75, 3.05) is 18.9 Å². The van der Waals surface area contributed by atoms with Crippen LogP contribution < -0.4 is 5.32 Å². The van der Waals surface area contributed by atoms with Crippen LogP contribution in [0.25, 0.3) is 33.4 Å². The molecule has 3 aromatic heterocycles. The molecule has 2 N–H and O–H groups in total. The summed E-state index contributed by atoms with van der Waals surface area (Å²) in [4.78, 5) is 37.8. The zero-order valence-corrected chi connectivity index (χ0v) is 19.9. The lowest BCUT2D eigenvalue weighted by Crippen LogP contribution is -2.38. The number of fused-ring (bicyclic) bond motifs is 1. The summed E-state index contributed by atoms with van der Waals surface area (Å²) in [5, 5.41) is 3.55. The molecule has 8 nitrogen and oxygen atoms in total. The number of aromatic nitrogens is 3. The molecule has 3 heterocycles. The van der Waals surface area contributed by atoms with E-state index in [4.69, 9.17) is 4.74 Å². The molecule has 2 amide bonds. The molecule has 0 atom stereocenters. The van der Waals surface area contributed by atoms with E-state index in [-0.39, 0.29) is 12.4 Å². The summed E-state index contributed by atoms with van der Waals surface area (Å²) in [5.74, 6) is -0.409. The van der Waals surface area contributed by atoms with E-state index in [1.165, 1.54) is 24.1 Å². The van der Waals surface area contributed by atoms with Crippen molar-refractivity contribution in [3.63, 3.8) is 0 Å². The van der Waals surface area contributed by atoms with Gasteiger partial charge >= 0.3 is 6.09 Å². The van der Waals surface area contributed by atoms with Gasteiger partial charge in [0.05, 0.1) is 5.69 Å². The molecule has 0 spiro atoms. The lowest BCUT2D eigenvalue weighted by molar-refractivity contribution is -0.117. The number of rotatable bonds is 5. The molecule has 0 bridgehead atoms. The van der Waals surface area contributed by atoms with Crippen LogP contribution in [0.1, 0.15) is 20.8 Å². The molecule has 4 aromatic rings. The average molecular weight is 476 g/mol. The Morgan fingerprint density at radius 3 is 2.37 bits per heavy atom. The minimum absolute atomic E-state index is 0.192. The maximum atomic E-state index is 13.5. The van der Waals surface area contributed by atoms with E-state index in [1.54, 1.807) is 51.4 Å². The van der Waals surface area contributed by atoms with Crippen molar-refractivity contribution in [1.29, 1.82) is 0 Å². The molecule has 0 fully saturated rings. The van der Waals surface area contributed by atoms with Crippen molar-refractivity contribution in [3.8, 4) is 22.4 Å². The van der Waals surface area contributed by atoms with E-state index in [1.807, 2.05) is 18.2 Å². The van der Waals surface area contributed by atoms with E-state index >= 15 is 0 Å². The number of anilines is 1. The van der Waals surface area contributed by atoms with Gasteiger partial charge in [0.2, 0.25) is 5.91 Å². The normalized spacial score (nSPS) is 11.3. The Morgan fingerprint density at radius 2 is 1.71 bits per heavy atom. The molecule has 1 aromatic carbocycles. The first-order valence-corrected chi connectivity index (χ1v) is 11.0. The number of benzene rings is 1. The van der Waals surface area contributed by atoms with Gasteiger partial charge in [-0.3, -0.25) is 9.78 Å². The smallest absolute Gasteiger partial charge is 0.410 e.